The third-order valence-electron chi connectivity index (χ3n) is 9.93. The topological polar surface area (TPSA) is 63.3 Å². The number of benzene rings is 4. The number of carbonyl (C=O) groups is 1. The Hall–Kier alpha value is -4.05. The minimum absolute atomic E-state index is 0. The predicted molar refractivity (Wildman–Crippen MR) is 204 cm³/mol. The molecule has 4 aromatic carbocycles. The van der Waals surface area contributed by atoms with Crippen LogP contribution in [0.3, 0.4) is 0 Å². The number of aliphatic hydroxyl groups excluding tert-OH is 1. The molecule has 50 heavy (non-hydrogen) atoms. The zero-order valence-electron chi connectivity index (χ0n) is 32.1. The van der Waals surface area contributed by atoms with Crippen LogP contribution in [-0.4, -0.2) is 15.9 Å². The van der Waals surface area contributed by atoms with Gasteiger partial charge in [-0.1, -0.05) is 114 Å². The van der Waals surface area contributed by atoms with Crippen LogP contribution in [0.2, 0.25) is 0 Å². The molecule has 2 heterocycles. The summed E-state index contributed by atoms with van der Waals surface area (Å²) in [7, 11) is 0. The maximum Gasteiger partial charge on any atom is 0.162 e. The van der Waals surface area contributed by atoms with E-state index < -0.39 is 6.37 Å². The number of rotatable bonds is 8. The normalized spacial score (nSPS) is 14.2. The van der Waals surface area contributed by atoms with Gasteiger partial charge in [-0.2, -0.15) is 0 Å². The molecule has 1 radical (unpaired) electrons. The first kappa shape index (κ1) is 34.4. The fraction of sp³-hybridized carbons (Fsp3) is 0.333. The van der Waals surface area contributed by atoms with Crippen molar-refractivity contribution in [2.24, 2.45) is 11.8 Å². The van der Waals surface area contributed by atoms with E-state index in [9.17, 15) is 12.6 Å². The quantitative estimate of drug-likeness (QED) is 0.0942. The molecule has 0 bridgehead atoms. The molecule has 1 N–H and O–H groups in total. The minimum Gasteiger partial charge on any atom is -0.512 e. The number of ketones is 1. The van der Waals surface area contributed by atoms with E-state index in [0.29, 0.717) is 28.2 Å². The summed E-state index contributed by atoms with van der Waals surface area (Å²) in [6.07, 6.45) is 4.96. The van der Waals surface area contributed by atoms with E-state index in [2.05, 4.69) is 51.1 Å². The minimum atomic E-state index is -1.70. The maximum atomic E-state index is 11.7. The Morgan fingerprint density at radius 2 is 1.62 bits per heavy atom. The zero-order valence-corrected chi connectivity index (χ0v) is 32.5. The molecular formula is C45H48IrNO3-. The van der Waals surface area contributed by atoms with Gasteiger partial charge in [0.2, 0.25) is 0 Å². The van der Waals surface area contributed by atoms with Crippen LogP contribution >= 0.6 is 0 Å². The smallest absolute Gasteiger partial charge is 0.162 e. The van der Waals surface area contributed by atoms with Crippen molar-refractivity contribution in [1.29, 1.82) is 0 Å². The molecule has 0 atom stereocenters. The third kappa shape index (κ3) is 7.09. The molecule has 0 spiro atoms. The van der Waals surface area contributed by atoms with Gasteiger partial charge in [-0.15, -0.1) is 29.1 Å². The molecular weight excluding hydrogens is 795 g/mol. The number of nitrogens with zero attached hydrogens (tertiary/aromatic N) is 1. The molecule has 1 aliphatic carbocycles. The van der Waals surface area contributed by atoms with E-state index in [0.717, 1.165) is 58.4 Å². The van der Waals surface area contributed by atoms with Crippen molar-refractivity contribution in [2.45, 2.75) is 85.9 Å². The van der Waals surface area contributed by atoms with Crippen molar-refractivity contribution in [3.8, 4) is 22.6 Å². The molecule has 0 aliphatic heterocycles. The summed E-state index contributed by atoms with van der Waals surface area (Å²) < 4.78 is 25.0. The van der Waals surface area contributed by atoms with Crippen molar-refractivity contribution in [3.63, 3.8) is 0 Å². The maximum absolute atomic E-state index is 11.7. The molecule has 0 saturated heterocycles. The molecule has 261 valence electrons. The average Bonchev–Trinajstić information content (AvgIpc) is 3.52. The predicted octanol–water partition coefficient (Wildman–Crippen LogP) is 12.3. The number of allylic oxidation sites excluding steroid dienone is 2. The number of hydrogen-bond donors (Lipinski definition) is 1. The molecule has 4 nitrogen and oxygen atoms in total. The number of pyridine rings is 1. The number of aromatic nitrogens is 1. The molecule has 1 aliphatic rings. The van der Waals surface area contributed by atoms with Crippen molar-refractivity contribution in [2.75, 3.05) is 0 Å². The summed E-state index contributed by atoms with van der Waals surface area (Å²) in [4.78, 5) is 16.5. The van der Waals surface area contributed by atoms with E-state index in [4.69, 9.17) is 9.40 Å². The van der Waals surface area contributed by atoms with Crippen LogP contribution in [0.1, 0.15) is 93.6 Å². The second-order valence-electron chi connectivity index (χ2n) is 14.1. The summed E-state index contributed by atoms with van der Waals surface area (Å²) in [6.45, 7) is 14.7. The Morgan fingerprint density at radius 3 is 2.30 bits per heavy atom. The Balaban J connectivity index is 0.000000280. The average molecular weight is 845 g/mol. The van der Waals surface area contributed by atoms with Gasteiger partial charge in [-0.3, -0.25) is 9.78 Å². The first-order valence-electron chi connectivity index (χ1n) is 18.7. The van der Waals surface area contributed by atoms with Crippen LogP contribution in [-0.2, 0) is 36.7 Å². The molecule has 2 aromatic heterocycles. The summed E-state index contributed by atoms with van der Waals surface area (Å²) in [5, 5.41) is 14.6. The van der Waals surface area contributed by atoms with Gasteiger partial charge in [-0.05, 0) is 53.5 Å². The molecule has 0 fully saturated rings. The van der Waals surface area contributed by atoms with Crippen LogP contribution in [0.15, 0.2) is 95.2 Å². The molecule has 0 amide bonds. The van der Waals surface area contributed by atoms with Gasteiger partial charge >= 0.3 is 0 Å². The van der Waals surface area contributed by atoms with Crippen LogP contribution < -0.4 is 0 Å². The fourth-order valence-electron chi connectivity index (χ4n) is 7.06. The van der Waals surface area contributed by atoms with Crippen LogP contribution in [0.5, 0.6) is 0 Å². The standard InChI is InChI=1S/C32H24NO.C13H24O2.Ir/c1-32(2,3)27-18-22(16-20-8-4-5-12-23(20)27)29-31-24(14-15-33-29)26-17-21-11-6-9-19-10-7-13-25(28(19)21)30(26)34-31;1-5-10(6-2)12(14)9-13(15)11(7-3)8-4;/h4-15,18H,17H2,1-3H3;9-11,14H,5-8H2,1-4H3;/q-1;;/b;12-9-;/i17D2;;. The first-order valence-corrected chi connectivity index (χ1v) is 17.7. The number of fused-ring (bicyclic) bond motifs is 5. The number of aliphatic hydroxyl groups is 1. The Kier molecular flexibility index (Phi) is 10.6. The number of carbonyl (C=O) groups excluding carboxylic acids is 1. The second kappa shape index (κ2) is 15.5. The van der Waals surface area contributed by atoms with E-state index in [1.165, 1.54) is 17.0 Å². The second-order valence-corrected chi connectivity index (χ2v) is 14.1. The van der Waals surface area contributed by atoms with Gasteiger partial charge in [0.1, 0.15) is 11.3 Å². The van der Waals surface area contributed by atoms with E-state index in [1.807, 2.05) is 76.2 Å². The van der Waals surface area contributed by atoms with Crippen LogP contribution in [0.4, 0.5) is 0 Å². The molecule has 6 aromatic rings. The fourth-order valence-corrected chi connectivity index (χ4v) is 7.06. The van der Waals surface area contributed by atoms with Crippen LogP contribution in [0, 0.1) is 17.9 Å². The van der Waals surface area contributed by atoms with Crippen LogP contribution in [0.25, 0.3) is 55.1 Å². The van der Waals surface area contributed by atoms with Crippen molar-refractivity contribution in [3.05, 3.63) is 114 Å². The van der Waals surface area contributed by atoms with Gasteiger partial charge in [0.25, 0.3) is 0 Å². The summed E-state index contributed by atoms with van der Waals surface area (Å²) in [5.41, 5.74) is 5.46. The van der Waals surface area contributed by atoms with Crippen molar-refractivity contribution >= 4 is 38.3 Å². The zero-order chi connectivity index (χ0) is 36.7. The third-order valence-corrected chi connectivity index (χ3v) is 9.93. The van der Waals surface area contributed by atoms with Gasteiger partial charge < -0.3 is 9.52 Å². The van der Waals surface area contributed by atoms with Gasteiger partial charge in [0.15, 0.2) is 5.78 Å². The number of furan rings is 1. The van der Waals surface area contributed by atoms with Crippen molar-refractivity contribution in [1.82, 2.24) is 4.98 Å². The molecule has 5 heteroatoms. The Bertz CT molecular complexity index is 2270. The summed E-state index contributed by atoms with van der Waals surface area (Å²) >= 11 is 0. The monoisotopic (exact) mass is 845 g/mol. The first-order chi connectivity index (χ1) is 24.3. The van der Waals surface area contributed by atoms with Crippen molar-refractivity contribution < 1.29 is 37.2 Å². The van der Waals surface area contributed by atoms with E-state index in [-0.39, 0.29) is 48.9 Å². The SMILES string of the molecule is CCC(CC)C(=O)/C=C(\O)C(CC)CC.[2H]C1([2H])c2c(oc3c(-c4[c-]c5ccccc5c(C(C)(C)C)c4)nccc23)-c2cccc3cccc1c23.[Ir]. The summed E-state index contributed by atoms with van der Waals surface area (Å²) in [5.74, 6) is 1.14. The Morgan fingerprint density at radius 1 is 0.940 bits per heavy atom. The van der Waals surface area contributed by atoms with E-state index in [1.54, 1.807) is 6.20 Å². The molecule has 7 rings (SSSR count). The Labute approximate surface area is 313 Å². The summed E-state index contributed by atoms with van der Waals surface area (Å²) in [6, 6.07) is 27.8. The molecule has 0 unspecified atom stereocenters. The largest absolute Gasteiger partial charge is 0.512 e. The van der Waals surface area contributed by atoms with Gasteiger partial charge in [-0.25, -0.2) is 0 Å². The number of hydrogen-bond acceptors (Lipinski definition) is 4. The van der Waals surface area contributed by atoms with Gasteiger partial charge in [0, 0.05) is 75.5 Å². The molecule has 0 saturated carbocycles. The van der Waals surface area contributed by atoms with Gasteiger partial charge in [0.05, 0.1) is 5.76 Å². The van der Waals surface area contributed by atoms with E-state index >= 15 is 0 Å².